The summed E-state index contributed by atoms with van der Waals surface area (Å²) in [4.78, 5) is 0.244. The molecule has 0 aromatic heterocycles. The van der Waals surface area contributed by atoms with Crippen molar-refractivity contribution in [3.05, 3.63) is 17.7 Å². The van der Waals surface area contributed by atoms with Crippen LogP contribution in [0.5, 0.6) is 5.75 Å². The molecule has 1 aromatic rings. The highest BCUT2D eigenvalue weighted by atomic mass is 32.2. The maximum Gasteiger partial charge on any atom is 0.246 e. The van der Waals surface area contributed by atoms with E-state index in [1.54, 1.807) is 10.4 Å². The van der Waals surface area contributed by atoms with Crippen molar-refractivity contribution in [1.82, 2.24) is 4.31 Å². The van der Waals surface area contributed by atoms with Gasteiger partial charge in [-0.3, -0.25) is 0 Å². The molecule has 1 aromatic carbocycles. The molecule has 5 nitrogen and oxygen atoms in total. The monoisotopic (exact) mass is 310 g/mol. The third-order valence-electron chi connectivity index (χ3n) is 4.43. The number of anilines is 1. The van der Waals surface area contributed by atoms with Gasteiger partial charge in [0.1, 0.15) is 10.6 Å². The van der Waals surface area contributed by atoms with E-state index in [2.05, 4.69) is 6.92 Å². The quantitative estimate of drug-likeness (QED) is 0.867. The summed E-state index contributed by atoms with van der Waals surface area (Å²) < 4.78 is 33.0. The molecule has 0 spiro atoms. The van der Waals surface area contributed by atoms with E-state index in [9.17, 15) is 8.42 Å². The average Bonchev–Trinajstić information content (AvgIpc) is 2.96. The van der Waals surface area contributed by atoms with Crippen LogP contribution in [-0.2, 0) is 16.4 Å². The zero-order valence-corrected chi connectivity index (χ0v) is 13.2. The van der Waals surface area contributed by atoms with Gasteiger partial charge in [0, 0.05) is 18.8 Å². The number of benzene rings is 1. The van der Waals surface area contributed by atoms with Crippen molar-refractivity contribution in [3.8, 4) is 5.75 Å². The van der Waals surface area contributed by atoms with Gasteiger partial charge >= 0.3 is 0 Å². The van der Waals surface area contributed by atoms with Crippen molar-refractivity contribution >= 4 is 15.7 Å². The van der Waals surface area contributed by atoms with Gasteiger partial charge < -0.3 is 10.5 Å². The van der Waals surface area contributed by atoms with E-state index < -0.39 is 10.0 Å². The van der Waals surface area contributed by atoms with Crippen LogP contribution >= 0.6 is 0 Å². The van der Waals surface area contributed by atoms with Gasteiger partial charge in [-0.15, -0.1) is 0 Å². The van der Waals surface area contributed by atoms with Crippen LogP contribution in [0.2, 0.25) is 0 Å². The van der Waals surface area contributed by atoms with Gasteiger partial charge in [-0.1, -0.05) is 13.3 Å². The number of hydrogen-bond acceptors (Lipinski definition) is 4. The topological polar surface area (TPSA) is 72.6 Å². The summed E-state index contributed by atoms with van der Waals surface area (Å²) in [5, 5.41) is 0. The number of rotatable bonds is 3. The fourth-order valence-corrected chi connectivity index (χ4v) is 4.89. The van der Waals surface area contributed by atoms with E-state index in [4.69, 9.17) is 10.5 Å². The van der Waals surface area contributed by atoms with Crippen LogP contribution in [0.1, 0.15) is 31.7 Å². The zero-order chi connectivity index (χ0) is 15.0. The van der Waals surface area contributed by atoms with Crippen LogP contribution in [-0.4, -0.2) is 32.4 Å². The maximum atomic E-state index is 12.9. The molecule has 2 heterocycles. The molecule has 21 heavy (non-hydrogen) atoms. The third kappa shape index (κ3) is 2.62. The first-order chi connectivity index (χ1) is 10.0. The number of nitrogen functional groups attached to an aromatic ring is 1. The summed E-state index contributed by atoms with van der Waals surface area (Å²) >= 11 is 0. The molecule has 0 radical (unpaired) electrons. The number of nitrogens with two attached hydrogens (primary N) is 1. The van der Waals surface area contributed by atoms with Gasteiger partial charge in [0.15, 0.2) is 0 Å². The molecular weight excluding hydrogens is 288 g/mol. The van der Waals surface area contributed by atoms with E-state index in [0.717, 1.165) is 31.2 Å². The lowest BCUT2D eigenvalue weighted by atomic mass is 10.1. The van der Waals surface area contributed by atoms with E-state index >= 15 is 0 Å². The van der Waals surface area contributed by atoms with E-state index in [0.29, 0.717) is 37.1 Å². The second kappa shape index (κ2) is 5.50. The molecule has 116 valence electrons. The summed E-state index contributed by atoms with van der Waals surface area (Å²) in [5.41, 5.74) is 7.29. The minimum atomic E-state index is -3.52. The van der Waals surface area contributed by atoms with Gasteiger partial charge in [0.05, 0.1) is 6.61 Å². The summed E-state index contributed by atoms with van der Waals surface area (Å²) in [6.07, 6.45) is 3.66. The SMILES string of the molecule is CCC1CCN(S(=O)(=O)c2cc(N)cc3c2OCCC3)C1. The van der Waals surface area contributed by atoms with Crippen molar-refractivity contribution in [3.63, 3.8) is 0 Å². The zero-order valence-electron chi connectivity index (χ0n) is 12.3. The van der Waals surface area contributed by atoms with Crippen molar-refractivity contribution in [2.24, 2.45) is 5.92 Å². The Hall–Kier alpha value is -1.27. The van der Waals surface area contributed by atoms with Crippen molar-refractivity contribution in [2.45, 2.75) is 37.5 Å². The van der Waals surface area contributed by atoms with Gasteiger partial charge in [-0.2, -0.15) is 4.31 Å². The summed E-state index contributed by atoms with van der Waals surface area (Å²) in [6, 6.07) is 3.37. The molecule has 2 aliphatic rings. The molecule has 1 atom stereocenters. The molecule has 2 N–H and O–H groups in total. The van der Waals surface area contributed by atoms with Crippen LogP contribution < -0.4 is 10.5 Å². The predicted octanol–water partition coefficient (Wildman–Crippen LogP) is 2.01. The van der Waals surface area contributed by atoms with Crippen LogP contribution in [0.15, 0.2) is 17.0 Å². The molecule has 1 fully saturated rings. The first kappa shape index (κ1) is 14.7. The van der Waals surface area contributed by atoms with Crippen LogP contribution in [0, 0.1) is 5.92 Å². The lowest BCUT2D eigenvalue weighted by Crippen LogP contribution is -2.30. The Morgan fingerprint density at radius 3 is 2.95 bits per heavy atom. The molecule has 1 saturated heterocycles. The molecule has 3 rings (SSSR count). The Labute approximate surface area is 126 Å². The van der Waals surface area contributed by atoms with Gasteiger partial charge in [-0.25, -0.2) is 8.42 Å². The standard InChI is InChI=1S/C15H22N2O3S/c1-2-11-5-6-17(10-11)21(18,19)14-9-13(16)8-12-4-3-7-20-15(12)14/h8-9,11H,2-7,10,16H2,1H3. The Bertz CT molecular complexity index is 643. The fourth-order valence-electron chi connectivity index (χ4n) is 3.15. The fraction of sp³-hybridized carbons (Fsp3) is 0.600. The Morgan fingerprint density at radius 2 is 2.24 bits per heavy atom. The van der Waals surface area contributed by atoms with Crippen LogP contribution in [0.25, 0.3) is 0 Å². The van der Waals surface area contributed by atoms with Crippen molar-refractivity contribution in [2.75, 3.05) is 25.4 Å². The Balaban J connectivity index is 2.01. The van der Waals surface area contributed by atoms with Crippen molar-refractivity contribution < 1.29 is 13.2 Å². The first-order valence-electron chi connectivity index (χ1n) is 7.57. The summed E-state index contributed by atoms with van der Waals surface area (Å²) in [6.45, 7) is 3.86. The maximum absolute atomic E-state index is 12.9. The minimum Gasteiger partial charge on any atom is -0.492 e. The third-order valence-corrected chi connectivity index (χ3v) is 6.31. The second-order valence-electron chi connectivity index (χ2n) is 5.89. The lowest BCUT2D eigenvalue weighted by Gasteiger charge is -2.24. The smallest absolute Gasteiger partial charge is 0.246 e. The molecule has 0 saturated carbocycles. The predicted molar refractivity (Wildman–Crippen MR) is 81.8 cm³/mol. The summed E-state index contributed by atoms with van der Waals surface area (Å²) in [5.74, 6) is 0.966. The molecule has 2 aliphatic heterocycles. The van der Waals surface area contributed by atoms with E-state index in [1.165, 1.54) is 0 Å². The first-order valence-corrected chi connectivity index (χ1v) is 9.01. The van der Waals surface area contributed by atoms with Crippen molar-refractivity contribution in [1.29, 1.82) is 0 Å². The number of aryl methyl sites for hydroxylation is 1. The molecule has 0 bridgehead atoms. The highest BCUT2D eigenvalue weighted by Gasteiger charge is 2.35. The number of sulfonamides is 1. The second-order valence-corrected chi connectivity index (χ2v) is 7.79. The highest BCUT2D eigenvalue weighted by molar-refractivity contribution is 7.89. The van der Waals surface area contributed by atoms with Gasteiger partial charge in [0.25, 0.3) is 0 Å². The molecular formula is C15H22N2O3S. The number of nitrogens with zero attached hydrogens (tertiary/aromatic N) is 1. The largest absolute Gasteiger partial charge is 0.492 e. The van der Waals surface area contributed by atoms with Crippen LogP contribution in [0.3, 0.4) is 0 Å². The van der Waals surface area contributed by atoms with E-state index in [-0.39, 0.29) is 4.90 Å². The van der Waals surface area contributed by atoms with Crippen LogP contribution in [0.4, 0.5) is 5.69 Å². The van der Waals surface area contributed by atoms with Gasteiger partial charge in [-0.05, 0) is 42.9 Å². The molecule has 1 unspecified atom stereocenters. The molecule has 0 aliphatic carbocycles. The molecule has 0 amide bonds. The average molecular weight is 310 g/mol. The highest BCUT2D eigenvalue weighted by Crippen LogP contribution is 2.37. The Morgan fingerprint density at radius 1 is 1.43 bits per heavy atom. The number of fused-ring (bicyclic) bond motifs is 1. The number of hydrogen-bond donors (Lipinski definition) is 1. The number of ether oxygens (including phenoxy) is 1. The lowest BCUT2D eigenvalue weighted by molar-refractivity contribution is 0.279. The summed E-state index contributed by atoms with van der Waals surface area (Å²) in [7, 11) is -3.52. The minimum absolute atomic E-state index is 0.244. The van der Waals surface area contributed by atoms with E-state index in [1.807, 2.05) is 6.07 Å². The normalized spacial score (nSPS) is 22.8. The Kier molecular flexibility index (Phi) is 3.84. The van der Waals surface area contributed by atoms with Gasteiger partial charge in [0.2, 0.25) is 10.0 Å². The molecule has 6 heteroatoms.